The molecule has 6 nitrogen and oxygen atoms in total. The number of hydrogen-bond donors (Lipinski definition) is 2. The van der Waals surface area contributed by atoms with Gasteiger partial charge in [-0.05, 0) is 38.3 Å². The van der Waals surface area contributed by atoms with Crippen LogP contribution in [0.15, 0.2) is 33.7 Å². The first-order valence-electron chi connectivity index (χ1n) is 9.25. The molecule has 2 heterocycles. The monoisotopic (exact) mass is 483 g/mol. The first kappa shape index (κ1) is 21.7. The third kappa shape index (κ3) is 5.68. The van der Waals surface area contributed by atoms with Gasteiger partial charge in [0.05, 0.1) is 12.2 Å². The number of guanidine groups is 1. The predicted molar refractivity (Wildman–Crippen MR) is 120 cm³/mol. The number of hydrogen-bond acceptors (Lipinski definition) is 4. The zero-order chi connectivity index (χ0) is 18.5. The van der Waals surface area contributed by atoms with Crippen molar-refractivity contribution >= 4 is 29.9 Å². The molecular weight excluding hydrogens is 453 g/mol. The number of nitrogens with zero attached hydrogens (tertiary/aromatic N) is 3. The molecule has 3 rings (SSSR count). The second-order valence-corrected chi connectivity index (χ2v) is 6.89. The van der Waals surface area contributed by atoms with E-state index in [1.54, 1.807) is 7.05 Å². The zero-order valence-corrected chi connectivity index (χ0v) is 18.9. The molecule has 0 bridgehead atoms. The number of nitrogens with one attached hydrogen (secondary N) is 2. The predicted octanol–water partition coefficient (Wildman–Crippen LogP) is 3.02. The maximum absolute atomic E-state index is 5.60. The van der Waals surface area contributed by atoms with Crippen molar-refractivity contribution in [1.29, 1.82) is 0 Å². The van der Waals surface area contributed by atoms with Crippen molar-refractivity contribution in [2.75, 3.05) is 20.1 Å². The quantitative estimate of drug-likeness (QED) is 0.389. The first-order valence-corrected chi connectivity index (χ1v) is 9.25. The van der Waals surface area contributed by atoms with Crippen LogP contribution in [0.1, 0.15) is 35.4 Å². The molecule has 1 unspecified atom stereocenters. The molecule has 27 heavy (non-hydrogen) atoms. The summed E-state index contributed by atoms with van der Waals surface area (Å²) in [4.78, 5) is 11.2. The Morgan fingerprint density at radius 1 is 1.26 bits per heavy atom. The Morgan fingerprint density at radius 3 is 2.67 bits per heavy atom. The molecular formula is C20H30IN5O. The van der Waals surface area contributed by atoms with Crippen molar-refractivity contribution in [3.05, 3.63) is 52.7 Å². The van der Waals surface area contributed by atoms with Gasteiger partial charge in [-0.25, -0.2) is 4.98 Å². The molecule has 2 N–H and O–H groups in total. The van der Waals surface area contributed by atoms with Gasteiger partial charge in [-0.3, -0.25) is 9.89 Å². The fourth-order valence-electron chi connectivity index (χ4n) is 3.26. The average Bonchev–Trinajstić information content (AvgIpc) is 2.99. The minimum Gasteiger partial charge on any atom is -0.444 e. The Labute approximate surface area is 178 Å². The number of rotatable bonds is 5. The summed E-state index contributed by atoms with van der Waals surface area (Å²) in [6.07, 6.45) is 1.12. The summed E-state index contributed by atoms with van der Waals surface area (Å²) >= 11 is 0. The van der Waals surface area contributed by atoms with Crippen LogP contribution in [0.25, 0.3) is 0 Å². The molecule has 0 spiro atoms. The first-order chi connectivity index (χ1) is 12.6. The van der Waals surface area contributed by atoms with Crippen molar-refractivity contribution in [2.24, 2.45) is 4.99 Å². The Morgan fingerprint density at radius 2 is 2.00 bits per heavy atom. The highest BCUT2D eigenvalue weighted by atomic mass is 127. The summed E-state index contributed by atoms with van der Waals surface area (Å²) in [6, 6.07) is 9.17. The van der Waals surface area contributed by atoms with Gasteiger partial charge < -0.3 is 15.1 Å². The lowest BCUT2D eigenvalue weighted by Crippen LogP contribution is -2.47. The number of halogens is 1. The maximum atomic E-state index is 5.60. The molecule has 1 aliphatic rings. The second-order valence-electron chi connectivity index (χ2n) is 6.89. The standard InChI is InChI=1S/C20H29N5O.HI/c1-14(25-10-9-17-7-5-6-8-18(17)13-25)11-22-20(21-4)23-12-19-24-15(2)16(3)26-19;/h5-8,14H,9-13H2,1-4H3,(H2,21,22,23);1H. The van der Waals surface area contributed by atoms with E-state index in [-0.39, 0.29) is 24.0 Å². The van der Waals surface area contributed by atoms with E-state index in [1.807, 2.05) is 13.8 Å². The lowest BCUT2D eigenvalue weighted by Gasteiger charge is -2.34. The minimum absolute atomic E-state index is 0. The third-order valence-electron chi connectivity index (χ3n) is 5.05. The maximum Gasteiger partial charge on any atom is 0.214 e. The van der Waals surface area contributed by atoms with E-state index in [2.05, 4.69) is 56.7 Å². The van der Waals surface area contributed by atoms with E-state index in [0.717, 1.165) is 43.5 Å². The van der Waals surface area contributed by atoms with Gasteiger partial charge in [0.2, 0.25) is 5.89 Å². The van der Waals surface area contributed by atoms with Gasteiger partial charge in [-0.2, -0.15) is 0 Å². The summed E-state index contributed by atoms with van der Waals surface area (Å²) < 4.78 is 5.60. The van der Waals surface area contributed by atoms with Crippen molar-refractivity contribution in [3.8, 4) is 0 Å². The minimum atomic E-state index is 0. The Hall–Kier alpha value is -1.61. The topological polar surface area (TPSA) is 65.7 Å². The Bertz CT molecular complexity index is 754. The summed E-state index contributed by atoms with van der Waals surface area (Å²) in [5.41, 5.74) is 3.87. The number of oxazole rings is 1. The molecule has 2 aromatic rings. The van der Waals surface area contributed by atoms with E-state index in [0.29, 0.717) is 18.5 Å². The van der Waals surface area contributed by atoms with Crippen molar-refractivity contribution in [1.82, 2.24) is 20.5 Å². The number of benzene rings is 1. The summed E-state index contributed by atoms with van der Waals surface area (Å²) in [5, 5.41) is 6.67. The van der Waals surface area contributed by atoms with Crippen molar-refractivity contribution in [2.45, 2.75) is 46.3 Å². The highest BCUT2D eigenvalue weighted by Gasteiger charge is 2.20. The van der Waals surface area contributed by atoms with Crippen molar-refractivity contribution < 1.29 is 4.42 Å². The molecule has 1 aromatic heterocycles. The van der Waals surface area contributed by atoms with E-state index < -0.39 is 0 Å². The highest BCUT2D eigenvalue weighted by Crippen LogP contribution is 2.19. The lowest BCUT2D eigenvalue weighted by atomic mass is 9.99. The van der Waals surface area contributed by atoms with Gasteiger partial charge in [0.15, 0.2) is 5.96 Å². The summed E-state index contributed by atoms with van der Waals surface area (Å²) in [7, 11) is 1.78. The van der Waals surface area contributed by atoms with Crippen LogP contribution in [0.3, 0.4) is 0 Å². The molecule has 148 valence electrons. The molecule has 0 radical (unpaired) electrons. The molecule has 0 fully saturated rings. The van der Waals surface area contributed by atoms with E-state index in [4.69, 9.17) is 4.42 Å². The highest BCUT2D eigenvalue weighted by molar-refractivity contribution is 14.0. The molecule has 0 saturated carbocycles. The number of aliphatic imine (C=N–C) groups is 1. The van der Waals surface area contributed by atoms with Crippen molar-refractivity contribution in [3.63, 3.8) is 0 Å². The van der Waals surface area contributed by atoms with Crippen LogP contribution in [-0.2, 0) is 19.5 Å². The van der Waals surface area contributed by atoms with E-state index in [9.17, 15) is 0 Å². The summed E-state index contributed by atoms with van der Waals surface area (Å²) in [6.45, 7) is 9.62. The fourth-order valence-corrected chi connectivity index (χ4v) is 3.26. The third-order valence-corrected chi connectivity index (χ3v) is 5.05. The molecule has 7 heteroatoms. The Balaban J connectivity index is 0.00000261. The SMILES string of the molecule is CN=C(NCc1nc(C)c(C)o1)NCC(C)N1CCc2ccccc2C1.I. The van der Waals surface area contributed by atoms with Crippen LogP contribution in [0.4, 0.5) is 0 Å². The van der Waals surface area contributed by atoms with E-state index in [1.165, 1.54) is 11.1 Å². The van der Waals surface area contributed by atoms with Crippen LogP contribution < -0.4 is 10.6 Å². The second kappa shape index (κ2) is 10.1. The van der Waals surface area contributed by atoms with Crippen LogP contribution >= 0.6 is 24.0 Å². The fraction of sp³-hybridized carbons (Fsp3) is 0.500. The molecule has 1 atom stereocenters. The van der Waals surface area contributed by atoms with Gasteiger partial charge in [-0.15, -0.1) is 24.0 Å². The van der Waals surface area contributed by atoms with Crippen LogP contribution in [0.5, 0.6) is 0 Å². The van der Waals surface area contributed by atoms with Gasteiger partial charge in [0.1, 0.15) is 5.76 Å². The number of aromatic nitrogens is 1. The number of fused-ring (bicyclic) bond motifs is 1. The normalized spacial score (nSPS) is 15.6. The van der Waals surface area contributed by atoms with Gasteiger partial charge in [0.25, 0.3) is 0 Å². The molecule has 0 saturated heterocycles. The Kier molecular flexibility index (Phi) is 8.09. The average molecular weight is 483 g/mol. The van der Waals surface area contributed by atoms with E-state index >= 15 is 0 Å². The van der Waals surface area contributed by atoms with Crippen LogP contribution in [0, 0.1) is 13.8 Å². The van der Waals surface area contributed by atoms with Crippen LogP contribution in [-0.4, -0.2) is 42.0 Å². The van der Waals surface area contributed by atoms with Crippen LogP contribution in [0.2, 0.25) is 0 Å². The summed E-state index contributed by atoms with van der Waals surface area (Å²) in [5.74, 6) is 2.31. The lowest BCUT2D eigenvalue weighted by molar-refractivity contribution is 0.191. The zero-order valence-electron chi connectivity index (χ0n) is 16.6. The molecule has 0 aliphatic carbocycles. The molecule has 1 aromatic carbocycles. The van der Waals surface area contributed by atoms with Gasteiger partial charge >= 0.3 is 0 Å². The van der Waals surface area contributed by atoms with Gasteiger partial charge in [-0.1, -0.05) is 24.3 Å². The molecule has 0 amide bonds. The smallest absolute Gasteiger partial charge is 0.214 e. The number of aryl methyl sites for hydroxylation is 2. The largest absolute Gasteiger partial charge is 0.444 e. The molecule has 1 aliphatic heterocycles. The van der Waals surface area contributed by atoms with Gasteiger partial charge in [0, 0.05) is 32.7 Å².